The third-order valence-electron chi connectivity index (χ3n) is 3.13. The molecule has 0 fully saturated rings. The number of amides is 1. The highest BCUT2D eigenvalue weighted by Gasteiger charge is 2.39. The maximum atomic E-state index is 12.3. The fourth-order valence-corrected chi connectivity index (χ4v) is 3.11. The quantitative estimate of drug-likeness (QED) is 0.897. The number of anilines is 1. The van der Waals surface area contributed by atoms with Crippen molar-refractivity contribution in [1.82, 2.24) is 4.98 Å². The SMILES string of the molecule is CCc1nc(NC(=O)C(F)(F)F)sc1Cc1ccccc1OC. The summed E-state index contributed by atoms with van der Waals surface area (Å²) in [7, 11) is 1.56. The molecule has 23 heavy (non-hydrogen) atoms. The number of benzene rings is 1. The molecule has 2 rings (SSSR count). The van der Waals surface area contributed by atoms with Gasteiger partial charge in [0.05, 0.1) is 12.8 Å². The monoisotopic (exact) mass is 344 g/mol. The zero-order valence-electron chi connectivity index (χ0n) is 12.5. The van der Waals surface area contributed by atoms with E-state index in [0.717, 1.165) is 21.8 Å². The topological polar surface area (TPSA) is 51.2 Å². The molecule has 0 radical (unpaired) electrons. The number of thiazole rings is 1. The van der Waals surface area contributed by atoms with Crippen molar-refractivity contribution in [3.8, 4) is 5.75 Å². The molecule has 0 bridgehead atoms. The summed E-state index contributed by atoms with van der Waals surface area (Å²) >= 11 is 1.04. The van der Waals surface area contributed by atoms with Gasteiger partial charge >= 0.3 is 12.1 Å². The molecule has 1 amide bonds. The molecule has 0 saturated carbocycles. The number of para-hydroxylation sites is 1. The lowest BCUT2D eigenvalue weighted by Crippen LogP contribution is -2.29. The van der Waals surface area contributed by atoms with E-state index in [4.69, 9.17) is 4.74 Å². The van der Waals surface area contributed by atoms with E-state index < -0.39 is 12.1 Å². The highest BCUT2D eigenvalue weighted by Crippen LogP contribution is 2.30. The van der Waals surface area contributed by atoms with Gasteiger partial charge in [-0.05, 0) is 18.1 Å². The van der Waals surface area contributed by atoms with Gasteiger partial charge in [-0.3, -0.25) is 10.1 Å². The van der Waals surface area contributed by atoms with Crippen LogP contribution in [0, 0.1) is 0 Å². The molecule has 0 saturated heterocycles. The molecule has 0 aliphatic rings. The van der Waals surface area contributed by atoms with Gasteiger partial charge in [-0.15, -0.1) is 11.3 Å². The van der Waals surface area contributed by atoms with Crippen LogP contribution < -0.4 is 10.1 Å². The molecule has 1 aromatic carbocycles. The van der Waals surface area contributed by atoms with E-state index in [1.54, 1.807) is 12.4 Å². The molecule has 1 aromatic heterocycles. The lowest BCUT2D eigenvalue weighted by atomic mass is 10.1. The van der Waals surface area contributed by atoms with Crippen molar-refractivity contribution >= 4 is 22.4 Å². The van der Waals surface area contributed by atoms with Crippen molar-refractivity contribution in [3.63, 3.8) is 0 Å². The van der Waals surface area contributed by atoms with E-state index in [2.05, 4.69) is 4.98 Å². The van der Waals surface area contributed by atoms with Gasteiger partial charge in [0.25, 0.3) is 0 Å². The predicted molar refractivity (Wildman–Crippen MR) is 82.0 cm³/mol. The Labute approximate surface area is 135 Å². The number of aryl methyl sites for hydroxylation is 1. The molecule has 1 heterocycles. The van der Waals surface area contributed by atoms with Crippen molar-refractivity contribution in [2.24, 2.45) is 0 Å². The molecular weight excluding hydrogens is 329 g/mol. The van der Waals surface area contributed by atoms with Crippen LogP contribution in [-0.2, 0) is 17.6 Å². The Balaban J connectivity index is 2.24. The van der Waals surface area contributed by atoms with E-state index in [1.165, 1.54) is 0 Å². The first-order chi connectivity index (χ1) is 10.8. The van der Waals surface area contributed by atoms with Gasteiger partial charge < -0.3 is 4.74 Å². The van der Waals surface area contributed by atoms with Crippen LogP contribution in [0.3, 0.4) is 0 Å². The summed E-state index contributed by atoms with van der Waals surface area (Å²) in [5, 5.41) is 1.76. The third-order valence-corrected chi connectivity index (χ3v) is 4.15. The van der Waals surface area contributed by atoms with E-state index >= 15 is 0 Å². The van der Waals surface area contributed by atoms with Gasteiger partial charge in [0.15, 0.2) is 5.13 Å². The number of alkyl halides is 3. The molecule has 8 heteroatoms. The summed E-state index contributed by atoms with van der Waals surface area (Å²) in [6, 6.07) is 7.39. The Hall–Kier alpha value is -2.09. The maximum Gasteiger partial charge on any atom is 0.471 e. The van der Waals surface area contributed by atoms with Crippen molar-refractivity contribution < 1.29 is 22.7 Å². The average Bonchev–Trinajstić information content (AvgIpc) is 2.88. The third kappa shape index (κ3) is 4.22. The number of hydrogen-bond acceptors (Lipinski definition) is 4. The van der Waals surface area contributed by atoms with Crippen LogP contribution in [0.2, 0.25) is 0 Å². The first-order valence-corrected chi connectivity index (χ1v) is 7.65. The summed E-state index contributed by atoms with van der Waals surface area (Å²) in [5.41, 5.74) is 1.57. The van der Waals surface area contributed by atoms with Crippen molar-refractivity contribution in [1.29, 1.82) is 0 Å². The molecule has 4 nitrogen and oxygen atoms in total. The summed E-state index contributed by atoms with van der Waals surface area (Å²) in [6.07, 6.45) is -3.89. The van der Waals surface area contributed by atoms with Gasteiger partial charge in [-0.2, -0.15) is 13.2 Å². The van der Waals surface area contributed by atoms with Gasteiger partial charge in [0.2, 0.25) is 0 Å². The first kappa shape index (κ1) is 17.3. The first-order valence-electron chi connectivity index (χ1n) is 6.83. The second-order valence-corrected chi connectivity index (χ2v) is 5.77. The number of carbonyl (C=O) groups excluding carboxylic acids is 1. The summed E-state index contributed by atoms with van der Waals surface area (Å²) in [6.45, 7) is 1.86. The zero-order valence-corrected chi connectivity index (χ0v) is 13.3. The van der Waals surface area contributed by atoms with E-state index in [-0.39, 0.29) is 5.13 Å². The number of carbonyl (C=O) groups is 1. The highest BCUT2D eigenvalue weighted by atomic mass is 32.1. The second-order valence-electron chi connectivity index (χ2n) is 4.68. The molecule has 2 aromatic rings. The number of hydrogen-bond donors (Lipinski definition) is 1. The Kier molecular flexibility index (Phi) is 5.25. The molecule has 0 aliphatic carbocycles. The van der Waals surface area contributed by atoms with Crippen molar-refractivity contribution in [2.45, 2.75) is 25.9 Å². The smallest absolute Gasteiger partial charge is 0.471 e. The summed E-state index contributed by atoms with van der Waals surface area (Å²) < 4.78 is 42.2. The number of nitrogens with one attached hydrogen (secondary N) is 1. The zero-order chi connectivity index (χ0) is 17.0. The lowest BCUT2D eigenvalue weighted by molar-refractivity contribution is -0.167. The van der Waals surface area contributed by atoms with Crippen LogP contribution in [0.15, 0.2) is 24.3 Å². The predicted octanol–water partition coefficient (Wildman–Crippen LogP) is 3.81. The molecular formula is C15H15F3N2O2S. The fraction of sp³-hybridized carbons (Fsp3) is 0.333. The Bertz CT molecular complexity index is 698. The largest absolute Gasteiger partial charge is 0.496 e. The molecule has 0 unspecified atom stereocenters. The number of methoxy groups -OCH3 is 1. The van der Waals surface area contributed by atoms with Crippen molar-refractivity contribution in [2.75, 3.05) is 12.4 Å². The molecule has 0 spiro atoms. The normalized spacial score (nSPS) is 11.3. The minimum absolute atomic E-state index is 0.0472. The standard InChI is InChI=1S/C15H15F3N2O2S/c1-3-10-12(8-9-6-4-5-7-11(9)22-2)23-14(19-10)20-13(21)15(16,17)18/h4-7H,3,8H2,1-2H3,(H,19,20,21). The minimum atomic E-state index is -4.93. The number of nitrogens with zero attached hydrogens (tertiary/aromatic N) is 1. The maximum absolute atomic E-state index is 12.3. The van der Waals surface area contributed by atoms with Gasteiger partial charge in [-0.25, -0.2) is 4.98 Å². The van der Waals surface area contributed by atoms with Crippen LogP contribution in [0.4, 0.5) is 18.3 Å². The Morgan fingerprint density at radius 2 is 2.04 bits per heavy atom. The fourth-order valence-electron chi connectivity index (χ4n) is 2.04. The van der Waals surface area contributed by atoms with Gasteiger partial charge in [-0.1, -0.05) is 25.1 Å². The average molecular weight is 344 g/mol. The van der Waals surface area contributed by atoms with Crippen LogP contribution in [0.25, 0.3) is 0 Å². The second kappa shape index (κ2) is 6.99. The van der Waals surface area contributed by atoms with Crippen LogP contribution in [0.5, 0.6) is 5.75 Å². The number of halogens is 3. The molecule has 0 aliphatic heterocycles. The lowest BCUT2D eigenvalue weighted by Gasteiger charge is -2.07. The number of aromatic nitrogens is 1. The van der Waals surface area contributed by atoms with E-state index in [9.17, 15) is 18.0 Å². The number of ether oxygens (including phenoxy) is 1. The molecule has 1 N–H and O–H groups in total. The van der Waals surface area contributed by atoms with Crippen molar-refractivity contribution in [3.05, 3.63) is 40.4 Å². The van der Waals surface area contributed by atoms with E-state index in [1.807, 2.05) is 31.2 Å². The Morgan fingerprint density at radius 1 is 1.35 bits per heavy atom. The van der Waals surface area contributed by atoms with Crippen LogP contribution in [-0.4, -0.2) is 24.2 Å². The minimum Gasteiger partial charge on any atom is -0.496 e. The van der Waals surface area contributed by atoms with Crippen LogP contribution in [0.1, 0.15) is 23.1 Å². The molecule has 124 valence electrons. The van der Waals surface area contributed by atoms with Gasteiger partial charge in [0, 0.05) is 11.3 Å². The van der Waals surface area contributed by atoms with E-state index in [0.29, 0.717) is 24.3 Å². The number of rotatable bonds is 5. The molecule has 0 atom stereocenters. The summed E-state index contributed by atoms with van der Waals surface area (Å²) in [5.74, 6) is -1.32. The van der Waals surface area contributed by atoms with Gasteiger partial charge in [0.1, 0.15) is 5.75 Å². The highest BCUT2D eigenvalue weighted by molar-refractivity contribution is 7.15. The Morgan fingerprint density at radius 3 is 2.65 bits per heavy atom. The van der Waals surface area contributed by atoms with Crippen LogP contribution >= 0.6 is 11.3 Å². The summed E-state index contributed by atoms with van der Waals surface area (Å²) in [4.78, 5) is 15.9.